The molecule has 10 nitrogen and oxygen atoms in total. The average Bonchev–Trinajstić information content (AvgIpc) is 3.60. The van der Waals surface area contributed by atoms with Crippen LogP contribution in [0, 0.1) is 22.6 Å². The van der Waals surface area contributed by atoms with Gasteiger partial charge in [0, 0.05) is 43.2 Å². The number of rotatable bonds is 6. The minimum absolute atomic E-state index is 0.0200. The third kappa shape index (κ3) is 3.87. The van der Waals surface area contributed by atoms with E-state index >= 15 is 0 Å². The average molecular weight is 452 g/mol. The molecule has 3 N–H and O–H groups in total. The number of aryl methyl sites for hydroxylation is 1. The van der Waals surface area contributed by atoms with Gasteiger partial charge in [-0.3, -0.25) is 10.8 Å². The molecule has 1 unspecified atom stereocenters. The minimum Gasteiger partial charge on any atom is -0.479 e. The number of likely N-dealkylation sites (tertiary alicyclic amines) is 1. The number of anilines is 1. The zero-order chi connectivity index (χ0) is 23.1. The molecule has 11 heteroatoms. The van der Waals surface area contributed by atoms with E-state index in [0.717, 1.165) is 19.3 Å². The highest BCUT2D eigenvalue weighted by Gasteiger charge is 2.35. The highest BCUT2D eigenvalue weighted by molar-refractivity contribution is 6.00. The lowest BCUT2D eigenvalue weighted by Crippen LogP contribution is -2.48. The number of halogens is 1. The van der Waals surface area contributed by atoms with E-state index in [0.29, 0.717) is 59.6 Å². The Labute approximate surface area is 190 Å². The Balaban J connectivity index is 1.46. The summed E-state index contributed by atoms with van der Waals surface area (Å²) in [6.07, 6.45) is 6.46. The van der Waals surface area contributed by atoms with Crippen molar-refractivity contribution in [3.63, 3.8) is 0 Å². The van der Waals surface area contributed by atoms with E-state index in [1.54, 1.807) is 0 Å². The van der Waals surface area contributed by atoms with Crippen LogP contribution in [-0.4, -0.2) is 60.8 Å². The van der Waals surface area contributed by atoms with Crippen molar-refractivity contribution < 1.29 is 9.13 Å². The minimum atomic E-state index is -0.558. The van der Waals surface area contributed by atoms with Crippen LogP contribution in [0.5, 0.6) is 5.88 Å². The molecular weight excluding hydrogens is 425 g/mol. The summed E-state index contributed by atoms with van der Waals surface area (Å²) in [5.41, 5.74) is 1.76. The van der Waals surface area contributed by atoms with Crippen molar-refractivity contribution in [1.29, 1.82) is 10.8 Å². The number of nitrogens with one attached hydrogen (secondary N) is 3. The molecule has 0 aromatic carbocycles. The van der Waals surface area contributed by atoms with Gasteiger partial charge in [-0.05, 0) is 32.3 Å². The van der Waals surface area contributed by atoms with Crippen LogP contribution in [0.4, 0.5) is 10.2 Å². The number of hydrogen-bond acceptors (Lipinski definition) is 8. The highest BCUT2D eigenvalue weighted by Crippen LogP contribution is 2.33. The molecule has 0 bridgehead atoms. The van der Waals surface area contributed by atoms with Gasteiger partial charge in [0.05, 0.1) is 7.11 Å². The fourth-order valence-electron chi connectivity index (χ4n) is 4.26. The molecule has 0 radical (unpaired) electrons. The third-order valence-corrected chi connectivity index (χ3v) is 6.16. The molecule has 1 atom stereocenters. The monoisotopic (exact) mass is 451 g/mol. The molecule has 2 aliphatic rings. The first-order valence-corrected chi connectivity index (χ1v) is 11.1. The Morgan fingerprint density at radius 2 is 2.09 bits per heavy atom. The predicted octanol–water partition coefficient (Wildman–Crippen LogP) is 3.30. The lowest BCUT2D eigenvalue weighted by molar-refractivity contribution is 0.369. The van der Waals surface area contributed by atoms with Gasteiger partial charge in [0.2, 0.25) is 5.88 Å². The standard InChI is InChI=1S/C22H26FN9O/c1-3-31-20(13-8-15(23)22(33-2)26-9-13)30-17-19(27-11-28-21(17)31)29-14-6-7-16(24)32(10-14)18(25)12-4-5-12/h8-9,11-12,14,24-25H,3-7,10H2,1-2H3,(H,27,28,29). The van der Waals surface area contributed by atoms with Crippen molar-refractivity contribution >= 4 is 28.7 Å². The zero-order valence-electron chi connectivity index (χ0n) is 18.6. The van der Waals surface area contributed by atoms with Crippen LogP contribution in [0.1, 0.15) is 32.6 Å². The van der Waals surface area contributed by atoms with E-state index in [1.807, 2.05) is 16.4 Å². The van der Waals surface area contributed by atoms with Crippen molar-refractivity contribution in [3.8, 4) is 17.3 Å². The van der Waals surface area contributed by atoms with Crippen LogP contribution in [0.15, 0.2) is 18.6 Å². The van der Waals surface area contributed by atoms with Crippen molar-refractivity contribution in [2.45, 2.75) is 45.2 Å². The molecular formula is C22H26FN9O. The third-order valence-electron chi connectivity index (χ3n) is 6.16. The lowest BCUT2D eigenvalue weighted by Gasteiger charge is -2.35. The second-order valence-corrected chi connectivity index (χ2v) is 8.39. The fourth-order valence-corrected chi connectivity index (χ4v) is 4.26. The van der Waals surface area contributed by atoms with Gasteiger partial charge in [0.25, 0.3) is 0 Å². The van der Waals surface area contributed by atoms with E-state index in [1.165, 1.54) is 25.7 Å². The van der Waals surface area contributed by atoms with Gasteiger partial charge >= 0.3 is 0 Å². The number of imidazole rings is 1. The Kier molecular flexibility index (Phi) is 5.39. The van der Waals surface area contributed by atoms with Crippen molar-refractivity contribution in [1.82, 2.24) is 29.4 Å². The number of piperidine rings is 1. The maximum absolute atomic E-state index is 14.3. The molecule has 1 aliphatic heterocycles. The van der Waals surface area contributed by atoms with Gasteiger partial charge in [-0.2, -0.15) is 0 Å². The van der Waals surface area contributed by atoms with E-state index in [9.17, 15) is 4.39 Å². The highest BCUT2D eigenvalue weighted by atomic mass is 19.1. The molecule has 1 aliphatic carbocycles. The molecule has 1 saturated carbocycles. The molecule has 33 heavy (non-hydrogen) atoms. The lowest BCUT2D eigenvalue weighted by atomic mass is 10.0. The van der Waals surface area contributed by atoms with Crippen LogP contribution >= 0.6 is 0 Å². The van der Waals surface area contributed by atoms with E-state index < -0.39 is 5.82 Å². The summed E-state index contributed by atoms with van der Waals surface area (Å²) >= 11 is 0. The number of nitrogens with zero attached hydrogens (tertiary/aromatic N) is 6. The predicted molar refractivity (Wildman–Crippen MR) is 122 cm³/mol. The first-order valence-electron chi connectivity index (χ1n) is 11.1. The first-order chi connectivity index (χ1) is 16.0. The van der Waals surface area contributed by atoms with Gasteiger partial charge in [-0.15, -0.1) is 0 Å². The Morgan fingerprint density at radius 1 is 1.27 bits per heavy atom. The van der Waals surface area contributed by atoms with Gasteiger partial charge < -0.3 is 19.5 Å². The first kappa shape index (κ1) is 21.2. The van der Waals surface area contributed by atoms with Gasteiger partial charge in [-0.25, -0.2) is 24.3 Å². The maximum Gasteiger partial charge on any atom is 0.250 e. The summed E-state index contributed by atoms with van der Waals surface area (Å²) in [7, 11) is 1.37. The molecule has 0 amide bonds. The Hall–Kier alpha value is -3.63. The van der Waals surface area contributed by atoms with Gasteiger partial charge in [0.1, 0.15) is 23.8 Å². The van der Waals surface area contributed by atoms with Crippen LogP contribution in [-0.2, 0) is 6.54 Å². The second kappa shape index (κ2) is 8.38. The summed E-state index contributed by atoms with van der Waals surface area (Å²) in [6, 6.07) is 1.38. The van der Waals surface area contributed by atoms with Crippen molar-refractivity contribution in [3.05, 3.63) is 24.4 Å². The maximum atomic E-state index is 14.3. The van der Waals surface area contributed by atoms with Crippen molar-refractivity contribution in [2.75, 3.05) is 19.0 Å². The molecule has 4 heterocycles. The summed E-state index contributed by atoms with van der Waals surface area (Å²) in [4.78, 5) is 19.5. The Bertz CT molecular complexity index is 1240. The number of hydrogen-bond donors (Lipinski definition) is 3. The van der Waals surface area contributed by atoms with Crippen LogP contribution in [0.3, 0.4) is 0 Å². The quantitative estimate of drug-likeness (QED) is 0.387. The summed E-state index contributed by atoms with van der Waals surface area (Å²) < 4.78 is 21.1. The summed E-state index contributed by atoms with van der Waals surface area (Å²) in [6.45, 7) is 3.11. The van der Waals surface area contributed by atoms with E-state index in [-0.39, 0.29) is 17.8 Å². The van der Waals surface area contributed by atoms with E-state index in [2.05, 4.69) is 20.3 Å². The van der Waals surface area contributed by atoms with Crippen LogP contribution in [0.25, 0.3) is 22.6 Å². The number of ether oxygens (including phenoxy) is 1. The number of pyridine rings is 1. The SMILES string of the molecule is CCn1c(-c2cnc(OC)c(F)c2)nc2c(NC3CCC(=N)N(C(=N)C4CC4)C3)ncnc21. The second-order valence-electron chi connectivity index (χ2n) is 8.39. The molecule has 2 fully saturated rings. The fraction of sp³-hybridized carbons (Fsp3) is 0.455. The molecule has 1 saturated heterocycles. The summed E-state index contributed by atoms with van der Waals surface area (Å²) in [5, 5.41) is 20.1. The van der Waals surface area contributed by atoms with Gasteiger partial charge in [0.15, 0.2) is 22.8 Å². The number of fused-ring (bicyclic) bond motifs is 1. The number of aromatic nitrogens is 5. The number of amidine groups is 2. The smallest absolute Gasteiger partial charge is 0.250 e. The summed E-state index contributed by atoms with van der Waals surface area (Å²) in [5.74, 6) is 1.85. The molecule has 5 rings (SSSR count). The van der Waals surface area contributed by atoms with Gasteiger partial charge in [-0.1, -0.05) is 0 Å². The Morgan fingerprint density at radius 3 is 2.79 bits per heavy atom. The molecule has 0 spiro atoms. The number of methoxy groups -OCH3 is 1. The molecule has 3 aromatic rings. The topological polar surface area (TPSA) is 129 Å². The van der Waals surface area contributed by atoms with Crippen molar-refractivity contribution in [2.24, 2.45) is 5.92 Å². The molecule has 172 valence electrons. The van der Waals surface area contributed by atoms with Crippen LogP contribution in [0.2, 0.25) is 0 Å². The molecule has 3 aromatic heterocycles. The van der Waals surface area contributed by atoms with E-state index in [4.69, 9.17) is 20.5 Å². The zero-order valence-corrected chi connectivity index (χ0v) is 18.6. The largest absolute Gasteiger partial charge is 0.479 e. The normalized spacial score (nSPS) is 18.6. The van der Waals surface area contributed by atoms with Crippen LogP contribution < -0.4 is 10.1 Å².